The fourth-order valence-corrected chi connectivity index (χ4v) is 4.15. The maximum Gasteiger partial charge on any atom is 0.227 e. The summed E-state index contributed by atoms with van der Waals surface area (Å²) >= 11 is 0. The van der Waals surface area contributed by atoms with Crippen LogP contribution in [0.1, 0.15) is 71.0 Å². The van der Waals surface area contributed by atoms with Gasteiger partial charge in [-0.2, -0.15) is 0 Å². The molecule has 2 saturated heterocycles. The Balaban J connectivity index is 1.58. The average molecular weight is 332 g/mol. The molecular weight excluding hydrogens is 300 g/mol. The summed E-state index contributed by atoms with van der Waals surface area (Å²) < 4.78 is 8.41. The van der Waals surface area contributed by atoms with Gasteiger partial charge in [-0.1, -0.05) is 20.8 Å². The molecule has 1 aliphatic carbocycles. The lowest BCUT2D eigenvalue weighted by atomic mass is 9.75. The maximum absolute atomic E-state index is 6.01. The second kappa shape index (κ2) is 6.32. The Morgan fingerprint density at radius 2 is 1.96 bits per heavy atom. The summed E-state index contributed by atoms with van der Waals surface area (Å²) in [5.41, 5.74) is 0.329. The lowest BCUT2D eigenvalue weighted by molar-refractivity contribution is 0.00561. The highest BCUT2D eigenvalue weighted by atomic mass is 16.5. The Labute approximate surface area is 145 Å². The predicted molar refractivity (Wildman–Crippen MR) is 95.4 cm³/mol. The van der Waals surface area contributed by atoms with Crippen LogP contribution in [0, 0.1) is 11.3 Å². The van der Waals surface area contributed by atoms with Gasteiger partial charge in [-0.05, 0) is 49.9 Å². The van der Waals surface area contributed by atoms with Crippen LogP contribution in [-0.2, 0) is 11.3 Å². The fraction of sp³-hybridized carbons (Fsp3) is 0.895. The van der Waals surface area contributed by atoms with Gasteiger partial charge in [0.15, 0.2) is 0 Å². The summed E-state index contributed by atoms with van der Waals surface area (Å²) in [6.07, 6.45) is 7.78. The molecule has 0 radical (unpaired) electrons. The van der Waals surface area contributed by atoms with Gasteiger partial charge in [-0.25, -0.2) is 0 Å². The van der Waals surface area contributed by atoms with E-state index >= 15 is 0 Å². The molecule has 0 aromatic carbocycles. The SMILES string of the molecule is C[C@H]1CCN(c2nnc(C3CC3)n2C[C@H]2CCCCO2)CC1(C)C. The summed E-state index contributed by atoms with van der Waals surface area (Å²) in [5.74, 6) is 3.68. The smallest absolute Gasteiger partial charge is 0.227 e. The molecule has 4 rings (SSSR count). The van der Waals surface area contributed by atoms with Crippen LogP contribution in [0.3, 0.4) is 0 Å². The number of anilines is 1. The van der Waals surface area contributed by atoms with Crippen LogP contribution in [0.4, 0.5) is 5.95 Å². The molecule has 1 saturated carbocycles. The van der Waals surface area contributed by atoms with Crippen molar-refractivity contribution in [2.24, 2.45) is 11.3 Å². The number of nitrogens with zero attached hydrogens (tertiary/aromatic N) is 4. The van der Waals surface area contributed by atoms with E-state index in [1.807, 2.05) is 0 Å². The van der Waals surface area contributed by atoms with E-state index in [-0.39, 0.29) is 0 Å². The lowest BCUT2D eigenvalue weighted by Crippen LogP contribution is -2.46. The van der Waals surface area contributed by atoms with Crippen LogP contribution >= 0.6 is 0 Å². The summed E-state index contributed by atoms with van der Waals surface area (Å²) in [5, 5.41) is 9.24. The van der Waals surface area contributed by atoms with E-state index in [4.69, 9.17) is 4.74 Å². The summed E-state index contributed by atoms with van der Waals surface area (Å²) in [6, 6.07) is 0. The largest absolute Gasteiger partial charge is 0.376 e. The molecule has 0 spiro atoms. The van der Waals surface area contributed by atoms with Crippen LogP contribution in [0.5, 0.6) is 0 Å². The minimum atomic E-state index is 0.329. The number of hydrogen-bond acceptors (Lipinski definition) is 4. The van der Waals surface area contributed by atoms with Crippen molar-refractivity contribution in [1.29, 1.82) is 0 Å². The number of rotatable bonds is 4. The molecule has 0 N–H and O–H groups in total. The molecule has 0 bridgehead atoms. The molecule has 3 aliphatic rings. The van der Waals surface area contributed by atoms with Crippen molar-refractivity contribution < 1.29 is 4.74 Å². The molecule has 1 aromatic heterocycles. The maximum atomic E-state index is 6.01. The molecule has 0 unspecified atom stereocenters. The van der Waals surface area contributed by atoms with Gasteiger partial charge in [0.2, 0.25) is 5.95 Å². The third kappa shape index (κ3) is 3.19. The third-order valence-corrected chi connectivity index (χ3v) is 6.41. The highest BCUT2D eigenvalue weighted by molar-refractivity contribution is 5.34. The highest BCUT2D eigenvalue weighted by Crippen LogP contribution is 2.41. The first-order valence-corrected chi connectivity index (χ1v) is 9.84. The molecule has 24 heavy (non-hydrogen) atoms. The average Bonchev–Trinajstić information content (AvgIpc) is 3.32. The molecule has 3 fully saturated rings. The Kier molecular flexibility index (Phi) is 4.31. The van der Waals surface area contributed by atoms with Crippen molar-refractivity contribution in [3.05, 3.63) is 5.82 Å². The van der Waals surface area contributed by atoms with Gasteiger partial charge in [0.1, 0.15) is 5.82 Å². The van der Waals surface area contributed by atoms with Gasteiger partial charge in [-0.3, -0.25) is 4.57 Å². The Bertz CT molecular complexity index is 572. The second-order valence-electron chi connectivity index (χ2n) is 8.83. The lowest BCUT2D eigenvalue weighted by Gasteiger charge is -2.43. The normalized spacial score (nSPS) is 30.5. The second-order valence-corrected chi connectivity index (χ2v) is 8.83. The zero-order valence-electron chi connectivity index (χ0n) is 15.5. The molecule has 5 nitrogen and oxygen atoms in total. The van der Waals surface area contributed by atoms with Crippen LogP contribution in [0.25, 0.3) is 0 Å². The topological polar surface area (TPSA) is 43.2 Å². The van der Waals surface area contributed by atoms with Crippen LogP contribution in [0.2, 0.25) is 0 Å². The van der Waals surface area contributed by atoms with Crippen molar-refractivity contribution >= 4 is 5.95 Å². The van der Waals surface area contributed by atoms with Crippen LogP contribution < -0.4 is 4.90 Å². The highest BCUT2D eigenvalue weighted by Gasteiger charge is 2.37. The van der Waals surface area contributed by atoms with E-state index in [1.165, 1.54) is 44.3 Å². The van der Waals surface area contributed by atoms with E-state index in [9.17, 15) is 0 Å². The fourth-order valence-electron chi connectivity index (χ4n) is 4.15. The number of ether oxygens (including phenoxy) is 1. The van der Waals surface area contributed by atoms with Gasteiger partial charge in [0, 0.05) is 25.6 Å². The van der Waals surface area contributed by atoms with E-state index in [0.29, 0.717) is 17.4 Å². The first kappa shape index (κ1) is 16.4. The van der Waals surface area contributed by atoms with E-state index in [0.717, 1.165) is 38.1 Å². The van der Waals surface area contributed by atoms with Crippen LogP contribution in [-0.4, -0.2) is 40.6 Å². The standard InChI is InChI=1S/C19H32N4O/c1-14-9-10-22(13-19(14,2)3)18-21-20-17(15-7-8-15)23(18)12-16-6-4-5-11-24-16/h14-16H,4-13H2,1-3H3/t14-,16+/m0/s1. The number of aromatic nitrogens is 3. The first-order chi connectivity index (χ1) is 11.5. The Morgan fingerprint density at radius 1 is 1.12 bits per heavy atom. The van der Waals surface area contributed by atoms with E-state index in [1.54, 1.807) is 0 Å². The molecule has 5 heteroatoms. The molecule has 2 atom stereocenters. The molecule has 2 aliphatic heterocycles. The van der Waals surface area contributed by atoms with Crippen molar-refractivity contribution in [3.8, 4) is 0 Å². The van der Waals surface area contributed by atoms with Gasteiger partial charge in [-0.15, -0.1) is 10.2 Å². The zero-order chi connectivity index (χ0) is 16.7. The van der Waals surface area contributed by atoms with Crippen LogP contribution in [0.15, 0.2) is 0 Å². The minimum absolute atomic E-state index is 0.329. The molecular formula is C19H32N4O. The van der Waals surface area contributed by atoms with Crippen molar-refractivity contribution in [2.75, 3.05) is 24.6 Å². The predicted octanol–water partition coefficient (Wildman–Crippen LogP) is 3.60. The number of piperidine rings is 1. The summed E-state index contributed by atoms with van der Waals surface area (Å²) in [6.45, 7) is 11.2. The van der Waals surface area contributed by atoms with Gasteiger partial charge < -0.3 is 9.64 Å². The monoisotopic (exact) mass is 332 g/mol. The molecule has 0 amide bonds. The van der Waals surface area contributed by atoms with Crippen molar-refractivity contribution in [3.63, 3.8) is 0 Å². The molecule has 1 aromatic rings. The first-order valence-electron chi connectivity index (χ1n) is 9.84. The minimum Gasteiger partial charge on any atom is -0.376 e. The van der Waals surface area contributed by atoms with Gasteiger partial charge >= 0.3 is 0 Å². The van der Waals surface area contributed by atoms with Crippen molar-refractivity contribution in [2.45, 2.75) is 77.9 Å². The quantitative estimate of drug-likeness (QED) is 0.845. The Hall–Kier alpha value is -1.10. The zero-order valence-corrected chi connectivity index (χ0v) is 15.5. The number of hydrogen-bond donors (Lipinski definition) is 0. The van der Waals surface area contributed by atoms with Gasteiger partial charge in [0.05, 0.1) is 12.6 Å². The van der Waals surface area contributed by atoms with E-state index < -0.39 is 0 Å². The summed E-state index contributed by atoms with van der Waals surface area (Å²) in [7, 11) is 0. The third-order valence-electron chi connectivity index (χ3n) is 6.41. The summed E-state index contributed by atoms with van der Waals surface area (Å²) in [4.78, 5) is 2.47. The van der Waals surface area contributed by atoms with Crippen molar-refractivity contribution in [1.82, 2.24) is 14.8 Å². The van der Waals surface area contributed by atoms with E-state index in [2.05, 4.69) is 40.4 Å². The Morgan fingerprint density at radius 3 is 2.62 bits per heavy atom. The molecule has 3 heterocycles. The van der Waals surface area contributed by atoms with Gasteiger partial charge in [0.25, 0.3) is 0 Å². The molecule has 134 valence electrons.